The van der Waals surface area contributed by atoms with Crippen LogP contribution in [0.2, 0.25) is 0 Å². The molecule has 0 aliphatic heterocycles. The Balaban J connectivity index is 2.48. The first-order chi connectivity index (χ1) is 9.44. The molecule has 20 heavy (non-hydrogen) atoms. The Morgan fingerprint density at radius 2 is 2.05 bits per heavy atom. The second-order valence-corrected chi connectivity index (χ2v) is 7.16. The SMILES string of the molecule is CCCCCC(C)(C)Cn1cncc1CNCC(C)C. The smallest absolute Gasteiger partial charge is 0.0948 e. The Bertz CT molecular complexity index is 366. The molecule has 1 aromatic heterocycles. The van der Waals surface area contributed by atoms with E-state index in [1.54, 1.807) is 0 Å². The van der Waals surface area contributed by atoms with Crippen molar-refractivity contribution in [2.24, 2.45) is 11.3 Å². The Morgan fingerprint density at radius 1 is 1.30 bits per heavy atom. The summed E-state index contributed by atoms with van der Waals surface area (Å²) in [6.07, 6.45) is 9.24. The summed E-state index contributed by atoms with van der Waals surface area (Å²) >= 11 is 0. The van der Waals surface area contributed by atoms with Gasteiger partial charge >= 0.3 is 0 Å². The molecule has 0 aliphatic rings. The third kappa shape index (κ3) is 6.56. The van der Waals surface area contributed by atoms with E-state index in [4.69, 9.17) is 0 Å². The minimum atomic E-state index is 0.350. The van der Waals surface area contributed by atoms with E-state index in [0.29, 0.717) is 11.3 Å². The number of rotatable bonds is 10. The third-order valence-corrected chi connectivity index (χ3v) is 3.71. The van der Waals surface area contributed by atoms with Crippen molar-refractivity contribution in [3.05, 3.63) is 18.2 Å². The topological polar surface area (TPSA) is 29.9 Å². The average Bonchev–Trinajstić information content (AvgIpc) is 2.75. The van der Waals surface area contributed by atoms with Crippen LogP contribution in [-0.4, -0.2) is 16.1 Å². The van der Waals surface area contributed by atoms with E-state index in [0.717, 1.165) is 19.6 Å². The number of unbranched alkanes of at least 4 members (excludes halogenated alkanes) is 2. The summed E-state index contributed by atoms with van der Waals surface area (Å²) in [5, 5.41) is 3.50. The Morgan fingerprint density at radius 3 is 2.70 bits per heavy atom. The van der Waals surface area contributed by atoms with Gasteiger partial charge in [-0.15, -0.1) is 0 Å². The summed E-state index contributed by atoms with van der Waals surface area (Å²) < 4.78 is 2.32. The van der Waals surface area contributed by atoms with Gasteiger partial charge in [0.2, 0.25) is 0 Å². The van der Waals surface area contributed by atoms with Crippen molar-refractivity contribution in [1.29, 1.82) is 0 Å². The molecule has 3 nitrogen and oxygen atoms in total. The molecule has 0 fully saturated rings. The number of imidazole rings is 1. The molecular formula is C17H33N3. The fraction of sp³-hybridized carbons (Fsp3) is 0.824. The van der Waals surface area contributed by atoms with E-state index in [1.807, 2.05) is 12.5 Å². The molecule has 0 spiro atoms. The highest BCUT2D eigenvalue weighted by atomic mass is 15.1. The maximum Gasteiger partial charge on any atom is 0.0948 e. The molecule has 0 radical (unpaired) electrons. The van der Waals surface area contributed by atoms with Gasteiger partial charge in [0.05, 0.1) is 12.0 Å². The van der Waals surface area contributed by atoms with Crippen molar-refractivity contribution in [2.45, 2.75) is 73.4 Å². The van der Waals surface area contributed by atoms with Crippen LogP contribution in [0.15, 0.2) is 12.5 Å². The van der Waals surface area contributed by atoms with Gasteiger partial charge in [0.1, 0.15) is 0 Å². The van der Waals surface area contributed by atoms with Gasteiger partial charge in [0.15, 0.2) is 0 Å². The molecule has 0 aliphatic carbocycles. The van der Waals surface area contributed by atoms with Crippen LogP contribution < -0.4 is 5.32 Å². The summed E-state index contributed by atoms with van der Waals surface area (Å²) in [5.41, 5.74) is 1.65. The average molecular weight is 279 g/mol. The van der Waals surface area contributed by atoms with E-state index in [2.05, 4.69) is 49.5 Å². The lowest BCUT2D eigenvalue weighted by molar-refractivity contribution is 0.267. The Labute approximate surface area is 125 Å². The molecule has 1 N–H and O–H groups in total. The maximum absolute atomic E-state index is 4.32. The predicted octanol–water partition coefficient (Wildman–Crippen LogP) is 4.24. The molecule has 1 heterocycles. The molecule has 116 valence electrons. The number of hydrogen-bond acceptors (Lipinski definition) is 2. The van der Waals surface area contributed by atoms with Gasteiger partial charge in [-0.05, 0) is 24.3 Å². The van der Waals surface area contributed by atoms with Crippen LogP contribution in [0.4, 0.5) is 0 Å². The molecule has 1 aromatic rings. The fourth-order valence-corrected chi connectivity index (χ4v) is 2.52. The number of nitrogens with one attached hydrogen (secondary N) is 1. The molecule has 0 saturated heterocycles. The lowest BCUT2D eigenvalue weighted by Gasteiger charge is -2.26. The lowest BCUT2D eigenvalue weighted by Crippen LogP contribution is -2.24. The zero-order valence-corrected chi connectivity index (χ0v) is 14.1. The van der Waals surface area contributed by atoms with Crippen molar-refractivity contribution in [3.8, 4) is 0 Å². The van der Waals surface area contributed by atoms with E-state index < -0.39 is 0 Å². The van der Waals surface area contributed by atoms with E-state index in [1.165, 1.54) is 31.4 Å². The summed E-state index contributed by atoms with van der Waals surface area (Å²) in [6.45, 7) is 14.5. The minimum absolute atomic E-state index is 0.350. The standard InChI is InChI=1S/C17H33N3/c1-6-7-8-9-17(4,5)13-20-14-19-12-16(20)11-18-10-15(2)3/h12,14-15,18H,6-11,13H2,1-5H3. The van der Waals surface area contributed by atoms with Gasteiger partial charge in [-0.3, -0.25) is 0 Å². The highest BCUT2D eigenvalue weighted by molar-refractivity contribution is 4.99. The molecule has 0 amide bonds. The quantitative estimate of drug-likeness (QED) is 0.649. The van der Waals surface area contributed by atoms with Gasteiger partial charge in [0, 0.05) is 19.3 Å². The zero-order chi connectivity index (χ0) is 15.0. The van der Waals surface area contributed by atoms with Crippen molar-refractivity contribution in [2.75, 3.05) is 6.54 Å². The maximum atomic E-state index is 4.32. The number of aromatic nitrogens is 2. The highest BCUT2D eigenvalue weighted by Gasteiger charge is 2.19. The van der Waals surface area contributed by atoms with Gasteiger partial charge < -0.3 is 9.88 Å². The molecule has 0 unspecified atom stereocenters. The first-order valence-corrected chi connectivity index (χ1v) is 8.14. The van der Waals surface area contributed by atoms with Crippen molar-refractivity contribution >= 4 is 0 Å². The zero-order valence-electron chi connectivity index (χ0n) is 14.1. The molecule has 0 aromatic carbocycles. The van der Waals surface area contributed by atoms with Crippen molar-refractivity contribution in [3.63, 3.8) is 0 Å². The summed E-state index contributed by atoms with van der Waals surface area (Å²) in [4.78, 5) is 4.32. The van der Waals surface area contributed by atoms with Crippen LogP contribution in [0, 0.1) is 11.3 Å². The largest absolute Gasteiger partial charge is 0.333 e. The predicted molar refractivity (Wildman–Crippen MR) is 86.7 cm³/mol. The van der Waals surface area contributed by atoms with Crippen molar-refractivity contribution in [1.82, 2.24) is 14.9 Å². The van der Waals surface area contributed by atoms with E-state index >= 15 is 0 Å². The van der Waals surface area contributed by atoms with E-state index in [-0.39, 0.29) is 0 Å². The monoisotopic (exact) mass is 279 g/mol. The van der Waals surface area contributed by atoms with Crippen LogP contribution in [0.5, 0.6) is 0 Å². The van der Waals surface area contributed by atoms with Gasteiger partial charge in [-0.1, -0.05) is 53.9 Å². The molecule has 3 heteroatoms. The molecular weight excluding hydrogens is 246 g/mol. The second kappa shape index (κ2) is 8.46. The van der Waals surface area contributed by atoms with Gasteiger partial charge in [0.25, 0.3) is 0 Å². The lowest BCUT2D eigenvalue weighted by atomic mass is 9.86. The minimum Gasteiger partial charge on any atom is -0.333 e. The Hall–Kier alpha value is -0.830. The number of hydrogen-bond donors (Lipinski definition) is 1. The Kier molecular flexibility index (Phi) is 7.28. The van der Waals surface area contributed by atoms with Crippen LogP contribution in [-0.2, 0) is 13.1 Å². The summed E-state index contributed by atoms with van der Waals surface area (Å²) in [5.74, 6) is 0.692. The van der Waals surface area contributed by atoms with Gasteiger partial charge in [-0.25, -0.2) is 4.98 Å². The fourth-order valence-electron chi connectivity index (χ4n) is 2.52. The molecule has 0 atom stereocenters. The first kappa shape index (κ1) is 17.2. The van der Waals surface area contributed by atoms with Crippen LogP contribution >= 0.6 is 0 Å². The first-order valence-electron chi connectivity index (χ1n) is 8.14. The second-order valence-electron chi connectivity index (χ2n) is 7.16. The molecule has 0 bridgehead atoms. The third-order valence-electron chi connectivity index (χ3n) is 3.71. The van der Waals surface area contributed by atoms with Crippen molar-refractivity contribution < 1.29 is 0 Å². The van der Waals surface area contributed by atoms with Crippen LogP contribution in [0.3, 0.4) is 0 Å². The highest BCUT2D eigenvalue weighted by Crippen LogP contribution is 2.26. The molecule has 1 rings (SSSR count). The van der Waals surface area contributed by atoms with Crippen LogP contribution in [0.25, 0.3) is 0 Å². The normalized spacial score (nSPS) is 12.3. The van der Waals surface area contributed by atoms with Gasteiger partial charge in [-0.2, -0.15) is 0 Å². The number of nitrogens with zero attached hydrogens (tertiary/aromatic N) is 2. The van der Waals surface area contributed by atoms with E-state index in [9.17, 15) is 0 Å². The summed E-state index contributed by atoms with van der Waals surface area (Å²) in [7, 11) is 0. The summed E-state index contributed by atoms with van der Waals surface area (Å²) in [6, 6.07) is 0. The molecule has 0 saturated carbocycles. The van der Waals surface area contributed by atoms with Crippen LogP contribution in [0.1, 0.15) is 66.0 Å².